The third kappa shape index (κ3) is 2.86. The highest BCUT2D eigenvalue weighted by molar-refractivity contribution is 5.70. The summed E-state index contributed by atoms with van der Waals surface area (Å²) in [4.78, 5) is 0. The summed E-state index contributed by atoms with van der Waals surface area (Å²) < 4.78 is 0. The molecule has 1 heterocycles. The maximum atomic E-state index is 3.97. The van der Waals surface area contributed by atoms with E-state index >= 15 is 0 Å². The van der Waals surface area contributed by atoms with Crippen molar-refractivity contribution in [3.63, 3.8) is 0 Å². The molecule has 0 radical (unpaired) electrons. The molecule has 0 amide bonds. The van der Waals surface area contributed by atoms with Gasteiger partial charge in [-0.1, -0.05) is 36.4 Å². The van der Waals surface area contributed by atoms with Crippen LogP contribution in [0.3, 0.4) is 0 Å². The zero-order valence-electron chi connectivity index (χ0n) is 10.6. The van der Waals surface area contributed by atoms with Crippen LogP contribution < -0.4 is 10.6 Å². The zero-order valence-corrected chi connectivity index (χ0v) is 10.6. The van der Waals surface area contributed by atoms with Gasteiger partial charge in [0.1, 0.15) is 0 Å². The first kappa shape index (κ1) is 12.0. The van der Waals surface area contributed by atoms with Crippen LogP contribution in [0, 0.1) is 0 Å². The molecule has 0 aliphatic rings. The van der Waals surface area contributed by atoms with E-state index < -0.39 is 0 Å². The Morgan fingerprint density at radius 3 is 1.35 bits per heavy atom. The van der Waals surface area contributed by atoms with E-state index in [1.165, 1.54) is 0 Å². The molecule has 3 rings (SSSR count). The minimum absolute atomic E-state index is 0.523. The molecule has 0 saturated heterocycles. The summed E-state index contributed by atoms with van der Waals surface area (Å²) in [5.74, 6) is 1.05. The molecule has 0 aliphatic heterocycles. The Morgan fingerprint density at radius 1 is 0.550 bits per heavy atom. The fraction of sp³-hybridized carbons (Fsp3) is 0. The van der Waals surface area contributed by atoms with Crippen molar-refractivity contribution in [3.05, 3.63) is 60.7 Å². The van der Waals surface area contributed by atoms with Crippen LogP contribution in [0.25, 0.3) is 0 Å². The Morgan fingerprint density at radius 2 is 0.950 bits per heavy atom. The third-order valence-corrected chi connectivity index (χ3v) is 2.63. The van der Waals surface area contributed by atoms with Crippen molar-refractivity contribution in [2.75, 3.05) is 10.6 Å². The van der Waals surface area contributed by atoms with Crippen LogP contribution in [0.2, 0.25) is 0 Å². The number of nitrogens with zero attached hydrogens (tertiary/aromatic N) is 4. The number of rotatable bonds is 4. The second kappa shape index (κ2) is 5.75. The first-order valence-electron chi connectivity index (χ1n) is 6.12. The molecule has 6 heteroatoms. The number of hydrogen-bond donors (Lipinski definition) is 2. The largest absolute Gasteiger partial charge is 0.336 e. The quantitative estimate of drug-likeness (QED) is 0.754. The predicted molar refractivity (Wildman–Crippen MR) is 77.1 cm³/mol. The summed E-state index contributed by atoms with van der Waals surface area (Å²) in [6, 6.07) is 19.4. The van der Waals surface area contributed by atoms with Gasteiger partial charge in [-0.25, -0.2) is 0 Å². The van der Waals surface area contributed by atoms with Crippen molar-refractivity contribution < 1.29 is 0 Å². The average molecular weight is 264 g/mol. The molecule has 0 bridgehead atoms. The highest BCUT2D eigenvalue weighted by Gasteiger charge is 2.07. The normalized spacial score (nSPS) is 10.0. The maximum Gasteiger partial charge on any atom is 0.200 e. The van der Waals surface area contributed by atoms with Crippen LogP contribution in [0.15, 0.2) is 60.7 Å². The maximum absolute atomic E-state index is 3.97. The molecule has 0 spiro atoms. The van der Waals surface area contributed by atoms with Gasteiger partial charge < -0.3 is 10.6 Å². The minimum Gasteiger partial charge on any atom is -0.336 e. The molecule has 2 aromatic carbocycles. The molecule has 0 fully saturated rings. The second-order valence-corrected chi connectivity index (χ2v) is 4.06. The highest BCUT2D eigenvalue weighted by Crippen LogP contribution is 2.22. The predicted octanol–water partition coefficient (Wildman–Crippen LogP) is 2.75. The fourth-order valence-electron chi connectivity index (χ4n) is 1.71. The van der Waals surface area contributed by atoms with Crippen LogP contribution >= 0.6 is 0 Å². The van der Waals surface area contributed by atoms with Gasteiger partial charge >= 0.3 is 0 Å². The summed E-state index contributed by atoms with van der Waals surface area (Å²) in [5.41, 5.74) is 1.82. The summed E-state index contributed by atoms with van der Waals surface area (Å²) in [6.07, 6.45) is 0. The Bertz CT molecular complexity index is 611. The summed E-state index contributed by atoms with van der Waals surface area (Å²) >= 11 is 0. The van der Waals surface area contributed by atoms with Gasteiger partial charge in [-0.05, 0) is 34.7 Å². The van der Waals surface area contributed by atoms with E-state index in [4.69, 9.17) is 0 Å². The van der Waals surface area contributed by atoms with Crippen LogP contribution in [-0.4, -0.2) is 20.6 Å². The molecular formula is C14H12N6. The van der Waals surface area contributed by atoms with E-state index in [2.05, 4.69) is 31.3 Å². The van der Waals surface area contributed by atoms with Gasteiger partial charge in [0.25, 0.3) is 0 Å². The molecule has 0 saturated carbocycles. The molecule has 0 unspecified atom stereocenters. The molecule has 3 aromatic rings. The lowest BCUT2D eigenvalue weighted by atomic mass is 10.3. The van der Waals surface area contributed by atoms with Crippen molar-refractivity contribution in [1.82, 2.24) is 20.6 Å². The topological polar surface area (TPSA) is 75.6 Å². The second-order valence-electron chi connectivity index (χ2n) is 4.06. The zero-order chi connectivity index (χ0) is 13.6. The standard InChI is InChI=1S/C14H12N6/c1-3-7-11(8-4-1)15-13-14(18-20-19-17-13)16-12-9-5-2-6-10-12/h1-10H,(H,15,17,20)(H,16,18,19). The van der Waals surface area contributed by atoms with Crippen LogP contribution in [0.1, 0.15) is 0 Å². The molecule has 2 N–H and O–H groups in total. The molecule has 98 valence electrons. The van der Waals surface area contributed by atoms with E-state index in [1.54, 1.807) is 0 Å². The Kier molecular flexibility index (Phi) is 3.46. The molecule has 1 aromatic heterocycles. The lowest BCUT2D eigenvalue weighted by molar-refractivity contribution is 0.773. The first-order chi connectivity index (χ1) is 9.92. The van der Waals surface area contributed by atoms with Gasteiger partial charge in [-0.15, -0.1) is 10.2 Å². The van der Waals surface area contributed by atoms with Crippen molar-refractivity contribution >= 4 is 23.0 Å². The lowest BCUT2D eigenvalue weighted by Gasteiger charge is -2.09. The van der Waals surface area contributed by atoms with Crippen LogP contribution in [0.5, 0.6) is 0 Å². The van der Waals surface area contributed by atoms with Gasteiger partial charge in [-0.3, -0.25) is 0 Å². The van der Waals surface area contributed by atoms with Crippen molar-refractivity contribution in [2.24, 2.45) is 0 Å². The Balaban J connectivity index is 1.85. The third-order valence-electron chi connectivity index (χ3n) is 2.63. The number of aromatic nitrogens is 4. The van der Waals surface area contributed by atoms with Crippen molar-refractivity contribution in [1.29, 1.82) is 0 Å². The summed E-state index contributed by atoms with van der Waals surface area (Å²) in [7, 11) is 0. The molecule has 6 nitrogen and oxygen atoms in total. The fourth-order valence-corrected chi connectivity index (χ4v) is 1.71. The summed E-state index contributed by atoms with van der Waals surface area (Å²) in [6.45, 7) is 0. The smallest absolute Gasteiger partial charge is 0.200 e. The van der Waals surface area contributed by atoms with Gasteiger partial charge in [0.15, 0.2) is 11.6 Å². The number of benzene rings is 2. The first-order valence-corrected chi connectivity index (χ1v) is 6.12. The van der Waals surface area contributed by atoms with E-state index in [9.17, 15) is 0 Å². The van der Waals surface area contributed by atoms with E-state index in [1.807, 2.05) is 60.7 Å². The molecule has 20 heavy (non-hydrogen) atoms. The molecule has 0 aliphatic carbocycles. The highest BCUT2D eigenvalue weighted by atomic mass is 15.5. The molecule has 0 atom stereocenters. The average Bonchev–Trinajstić information content (AvgIpc) is 2.51. The Hall–Kier alpha value is -3.02. The lowest BCUT2D eigenvalue weighted by Crippen LogP contribution is -2.05. The van der Waals surface area contributed by atoms with Gasteiger partial charge in [0, 0.05) is 11.4 Å². The number of anilines is 4. The van der Waals surface area contributed by atoms with E-state index in [-0.39, 0.29) is 0 Å². The van der Waals surface area contributed by atoms with Gasteiger partial charge in [0.05, 0.1) is 0 Å². The number of nitrogens with one attached hydrogen (secondary N) is 2. The minimum atomic E-state index is 0.523. The van der Waals surface area contributed by atoms with E-state index in [0.29, 0.717) is 11.6 Å². The van der Waals surface area contributed by atoms with Crippen LogP contribution in [0.4, 0.5) is 23.0 Å². The number of hydrogen-bond acceptors (Lipinski definition) is 6. The van der Waals surface area contributed by atoms with Gasteiger partial charge in [0.2, 0.25) is 0 Å². The Labute approximate surface area is 115 Å². The van der Waals surface area contributed by atoms with Crippen molar-refractivity contribution in [2.45, 2.75) is 0 Å². The van der Waals surface area contributed by atoms with Crippen LogP contribution in [-0.2, 0) is 0 Å². The number of para-hydroxylation sites is 2. The van der Waals surface area contributed by atoms with E-state index in [0.717, 1.165) is 11.4 Å². The van der Waals surface area contributed by atoms with Gasteiger partial charge in [-0.2, -0.15) is 0 Å². The monoisotopic (exact) mass is 264 g/mol. The summed E-state index contributed by atoms with van der Waals surface area (Å²) in [5, 5.41) is 21.4. The van der Waals surface area contributed by atoms with Crippen molar-refractivity contribution in [3.8, 4) is 0 Å². The SMILES string of the molecule is c1ccc(Nc2nnnnc2Nc2ccccc2)cc1. The molecular weight excluding hydrogens is 252 g/mol.